The summed E-state index contributed by atoms with van der Waals surface area (Å²) < 4.78 is 5.40. The molecule has 1 unspecified atom stereocenters. The van der Waals surface area contributed by atoms with E-state index in [-0.39, 0.29) is 10.8 Å². The molecule has 0 N–H and O–H groups in total. The summed E-state index contributed by atoms with van der Waals surface area (Å²) in [6, 6.07) is 0. The van der Waals surface area contributed by atoms with E-state index in [1.165, 1.54) is 0 Å². The van der Waals surface area contributed by atoms with Gasteiger partial charge in [-0.15, -0.1) is 0 Å². The molecular formula is C7H17NO3Si. The second kappa shape index (κ2) is 4.00. The van der Waals surface area contributed by atoms with Gasteiger partial charge in [0.05, 0.1) is 4.92 Å². The minimum absolute atomic E-state index is 0.0632. The largest absolute Gasteiger partial charge is 0.359 e. The Morgan fingerprint density at radius 3 is 1.83 bits per heavy atom. The average Bonchev–Trinajstić information content (AvgIpc) is 1.79. The fourth-order valence-corrected chi connectivity index (χ4v) is 1.87. The van der Waals surface area contributed by atoms with Gasteiger partial charge in [0, 0.05) is 5.92 Å². The molecule has 0 fully saturated rings. The lowest BCUT2D eigenvalue weighted by molar-refractivity contribution is -0.573. The van der Waals surface area contributed by atoms with Crippen LogP contribution < -0.4 is 0 Å². The van der Waals surface area contributed by atoms with E-state index < -0.39 is 14.5 Å². The van der Waals surface area contributed by atoms with E-state index in [1.54, 1.807) is 13.8 Å². The van der Waals surface area contributed by atoms with Crippen molar-refractivity contribution in [3.05, 3.63) is 10.1 Å². The predicted molar refractivity (Wildman–Crippen MR) is 50.1 cm³/mol. The molecule has 0 aromatic heterocycles. The van der Waals surface area contributed by atoms with E-state index in [9.17, 15) is 10.1 Å². The van der Waals surface area contributed by atoms with E-state index >= 15 is 0 Å². The molecule has 0 rings (SSSR count). The monoisotopic (exact) mass is 191 g/mol. The van der Waals surface area contributed by atoms with Gasteiger partial charge in [-0.25, -0.2) is 0 Å². The van der Waals surface area contributed by atoms with Gasteiger partial charge in [-0.05, 0) is 19.6 Å². The summed E-state index contributed by atoms with van der Waals surface area (Å²) in [4.78, 5) is 10.2. The third-order valence-electron chi connectivity index (χ3n) is 1.25. The molecule has 0 aromatic rings. The predicted octanol–water partition coefficient (Wildman–Crippen LogP) is 2.10. The lowest BCUT2D eigenvalue weighted by atomic mass is 10.2. The smallest absolute Gasteiger partial charge is 0.308 e. The van der Waals surface area contributed by atoms with E-state index in [0.29, 0.717) is 0 Å². The van der Waals surface area contributed by atoms with E-state index in [1.807, 2.05) is 19.6 Å². The maximum absolute atomic E-state index is 10.5. The lowest BCUT2D eigenvalue weighted by Crippen LogP contribution is -2.39. The van der Waals surface area contributed by atoms with E-state index in [0.717, 1.165) is 0 Å². The van der Waals surface area contributed by atoms with Gasteiger partial charge in [-0.2, -0.15) is 0 Å². The Hall–Kier alpha value is -0.423. The summed E-state index contributed by atoms with van der Waals surface area (Å²) in [6.45, 7) is 9.45. The Kier molecular flexibility index (Phi) is 3.86. The number of rotatable bonds is 4. The molecule has 0 aliphatic rings. The molecule has 0 aromatic carbocycles. The molecule has 0 bridgehead atoms. The second-order valence-electron chi connectivity index (χ2n) is 4.15. The zero-order valence-corrected chi connectivity index (χ0v) is 9.33. The molecule has 12 heavy (non-hydrogen) atoms. The maximum Gasteiger partial charge on any atom is 0.308 e. The van der Waals surface area contributed by atoms with Crippen molar-refractivity contribution in [3.63, 3.8) is 0 Å². The molecule has 0 spiro atoms. The van der Waals surface area contributed by atoms with Crippen molar-refractivity contribution in [2.24, 2.45) is 5.92 Å². The third kappa shape index (κ3) is 4.45. The SMILES string of the molecule is CC(C)C(O[Si](C)(C)C)[N+](=O)[O-]. The Morgan fingerprint density at radius 1 is 1.33 bits per heavy atom. The number of nitro groups is 1. The van der Waals surface area contributed by atoms with Crippen LogP contribution in [0, 0.1) is 16.0 Å². The van der Waals surface area contributed by atoms with Crippen molar-refractivity contribution >= 4 is 8.32 Å². The molecule has 0 saturated heterocycles. The summed E-state index contributed by atoms with van der Waals surface area (Å²) in [5, 5.41) is 10.5. The van der Waals surface area contributed by atoms with Crippen molar-refractivity contribution in [2.45, 2.75) is 39.7 Å². The zero-order valence-electron chi connectivity index (χ0n) is 8.33. The van der Waals surface area contributed by atoms with Gasteiger partial charge in [0.1, 0.15) is 0 Å². The fourth-order valence-electron chi connectivity index (χ4n) is 0.785. The summed E-state index contributed by atoms with van der Waals surface area (Å²) >= 11 is 0. The maximum atomic E-state index is 10.5. The highest BCUT2D eigenvalue weighted by Crippen LogP contribution is 2.14. The Labute approximate surface area is 74.2 Å². The highest BCUT2D eigenvalue weighted by Gasteiger charge is 2.31. The minimum atomic E-state index is -1.79. The molecule has 1 atom stereocenters. The Bertz CT molecular complexity index is 165. The van der Waals surface area contributed by atoms with Crippen LogP contribution in [0.3, 0.4) is 0 Å². The highest BCUT2D eigenvalue weighted by atomic mass is 28.4. The van der Waals surface area contributed by atoms with Crippen LogP contribution in [0.2, 0.25) is 19.6 Å². The summed E-state index contributed by atoms with van der Waals surface area (Å²) in [6.07, 6.45) is -0.836. The highest BCUT2D eigenvalue weighted by molar-refractivity contribution is 6.69. The van der Waals surface area contributed by atoms with Crippen molar-refractivity contribution in [2.75, 3.05) is 0 Å². The van der Waals surface area contributed by atoms with Crippen LogP contribution in [0.15, 0.2) is 0 Å². The van der Waals surface area contributed by atoms with Crippen molar-refractivity contribution in [3.8, 4) is 0 Å². The summed E-state index contributed by atoms with van der Waals surface area (Å²) in [7, 11) is -1.79. The molecule has 5 heteroatoms. The summed E-state index contributed by atoms with van der Waals surface area (Å²) in [5.41, 5.74) is 0. The molecule has 0 amide bonds. The normalized spacial score (nSPS) is 14.8. The topological polar surface area (TPSA) is 52.4 Å². The van der Waals surface area contributed by atoms with Gasteiger partial charge in [0.15, 0.2) is 8.32 Å². The van der Waals surface area contributed by atoms with E-state index in [4.69, 9.17) is 4.43 Å². The van der Waals surface area contributed by atoms with Crippen LogP contribution in [-0.2, 0) is 4.43 Å². The number of nitrogens with zero attached hydrogens (tertiary/aromatic N) is 1. The quantitative estimate of drug-likeness (QED) is 0.296. The number of hydrogen-bond acceptors (Lipinski definition) is 3. The first-order valence-electron chi connectivity index (χ1n) is 4.05. The molecule has 4 nitrogen and oxygen atoms in total. The van der Waals surface area contributed by atoms with Crippen LogP contribution in [0.25, 0.3) is 0 Å². The van der Waals surface area contributed by atoms with Crippen LogP contribution in [0.1, 0.15) is 13.8 Å². The second-order valence-corrected chi connectivity index (χ2v) is 8.61. The lowest BCUT2D eigenvalue weighted by Gasteiger charge is -2.22. The fraction of sp³-hybridized carbons (Fsp3) is 1.00. The van der Waals surface area contributed by atoms with Crippen LogP contribution in [-0.4, -0.2) is 19.5 Å². The van der Waals surface area contributed by atoms with Crippen molar-refractivity contribution in [1.29, 1.82) is 0 Å². The molecule has 0 heterocycles. The van der Waals surface area contributed by atoms with Gasteiger partial charge in [-0.3, -0.25) is 10.1 Å². The standard InChI is InChI=1S/C7H17NO3Si/c1-6(2)7(8(9)10)11-12(3,4)5/h6-7H,1-5H3. The van der Waals surface area contributed by atoms with Crippen molar-refractivity contribution < 1.29 is 9.35 Å². The van der Waals surface area contributed by atoms with Gasteiger partial charge < -0.3 is 4.43 Å². The van der Waals surface area contributed by atoms with Crippen LogP contribution in [0.5, 0.6) is 0 Å². The molecular weight excluding hydrogens is 174 g/mol. The van der Waals surface area contributed by atoms with Gasteiger partial charge in [0.25, 0.3) is 0 Å². The van der Waals surface area contributed by atoms with Crippen LogP contribution >= 0.6 is 0 Å². The molecule has 72 valence electrons. The van der Waals surface area contributed by atoms with Gasteiger partial charge in [0.2, 0.25) is 0 Å². The van der Waals surface area contributed by atoms with Gasteiger partial charge >= 0.3 is 6.23 Å². The number of hydrogen-bond donors (Lipinski definition) is 0. The first kappa shape index (κ1) is 11.6. The average molecular weight is 191 g/mol. The first-order valence-corrected chi connectivity index (χ1v) is 7.46. The molecule has 0 aliphatic heterocycles. The van der Waals surface area contributed by atoms with Crippen LogP contribution in [0.4, 0.5) is 0 Å². The van der Waals surface area contributed by atoms with E-state index in [2.05, 4.69) is 0 Å². The zero-order chi connectivity index (χ0) is 9.94. The molecule has 0 aliphatic carbocycles. The van der Waals surface area contributed by atoms with Gasteiger partial charge in [-0.1, -0.05) is 13.8 Å². The minimum Gasteiger partial charge on any atom is -0.359 e. The third-order valence-corrected chi connectivity index (χ3v) is 2.20. The van der Waals surface area contributed by atoms with Crippen molar-refractivity contribution in [1.82, 2.24) is 0 Å². The first-order chi connectivity index (χ1) is 5.24. The molecule has 0 saturated carbocycles. The Morgan fingerprint density at radius 2 is 1.75 bits per heavy atom. The Balaban J connectivity index is 4.25. The summed E-state index contributed by atoms with van der Waals surface area (Å²) in [5.74, 6) is -0.0632. The molecule has 0 radical (unpaired) electrons.